The molecule has 0 saturated heterocycles. The third kappa shape index (κ3) is 3.18. The van der Waals surface area contributed by atoms with Crippen LogP contribution in [0.1, 0.15) is 41.1 Å². The number of nitrogens with zero attached hydrogens (tertiary/aromatic N) is 1. The van der Waals surface area contributed by atoms with Gasteiger partial charge in [0.2, 0.25) is 5.91 Å². The summed E-state index contributed by atoms with van der Waals surface area (Å²) < 4.78 is 0. The molecule has 1 aliphatic rings. The number of carbonyl (C=O) groups excluding carboxylic acids is 1. The van der Waals surface area contributed by atoms with Gasteiger partial charge in [0.1, 0.15) is 0 Å². The van der Waals surface area contributed by atoms with Gasteiger partial charge in [-0.25, -0.2) is 0 Å². The third-order valence-electron chi connectivity index (χ3n) is 4.64. The molecule has 2 aromatic carbocycles. The zero-order chi connectivity index (χ0) is 17.1. The van der Waals surface area contributed by atoms with E-state index >= 15 is 0 Å². The minimum Gasteiger partial charge on any atom is -0.481 e. The van der Waals surface area contributed by atoms with E-state index in [1.165, 1.54) is 5.56 Å². The number of rotatable bonds is 4. The van der Waals surface area contributed by atoms with Crippen LogP contribution >= 0.6 is 0 Å². The van der Waals surface area contributed by atoms with Crippen molar-refractivity contribution in [1.29, 1.82) is 0 Å². The van der Waals surface area contributed by atoms with Gasteiger partial charge in [-0.15, -0.1) is 0 Å². The zero-order valence-corrected chi connectivity index (χ0v) is 13.7. The van der Waals surface area contributed by atoms with Crippen molar-refractivity contribution in [3.8, 4) is 0 Å². The molecule has 1 unspecified atom stereocenters. The topological polar surface area (TPSA) is 57.6 Å². The number of amides is 1. The van der Waals surface area contributed by atoms with Crippen molar-refractivity contribution in [3.63, 3.8) is 0 Å². The lowest BCUT2D eigenvalue weighted by Gasteiger charge is -2.38. The normalized spacial score (nSPS) is 16.5. The molecule has 1 atom stereocenters. The zero-order valence-electron chi connectivity index (χ0n) is 13.7. The van der Waals surface area contributed by atoms with Gasteiger partial charge in [0, 0.05) is 13.0 Å². The summed E-state index contributed by atoms with van der Waals surface area (Å²) in [6.07, 6.45) is 0.717. The molecule has 0 fully saturated rings. The second-order valence-corrected chi connectivity index (χ2v) is 6.19. The summed E-state index contributed by atoms with van der Waals surface area (Å²) in [7, 11) is 0. The highest BCUT2D eigenvalue weighted by atomic mass is 16.4. The Labute approximate surface area is 141 Å². The second-order valence-electron chi connectivity index (χ2n) is 6.19. The summed E-state index contributed by atoms with van der Waals surface area (Å²) >= 11 is 0. The minimum absolute atomic E-state index is 0.0415. The Hall–Kier alpha value is -2.62. The average Bonchev–Trinajstić information content (AvgIpc) is 2.59. The number of aliphatic carboxylic acids is 1. The fourth-order valence-electron chi connectivity index (χ4n) is 3.42. The fraction of sp³-hybridized carbons (Fsp3) is 0.300. The van der Waals surface area contributed by atoms with Crippen LogP contribution in [0, 0.1) is 6.92 Å². The van der Waals surface area contributed by atoms with Crippen LogP contribution in [0.15, 0.2) is 48.5 Å². The van der Waals surface area contributed by atoms with Gasteiger partial charge in [-0.05, 0) is 35.6 Å². The molecule has 4 nitrogen and oxygen atoms in total. The number of carbonyl (C=O) groups is 2. The highest BCUT2D eigenvalue weighted by molar-refractivity contribution is 5.82. The molecule has 4 heteroatoms. The van der Waals surface area contributed by atoms with Crippen molar-refractivity contribution in [2.45, 2.75) is 32.2 Å². The first-order valence-electron chi connectivity index (χ1n) is 8.22. The first-order chi connectivity index (χ1) is 11.6. The van der Waals surface area contributed by atoms with Crippen molar-refractivity contribution in [2.75, 3.05) is 6.54 Å². The molecule has 2 aromatic rings. The van der Waals surface area contributed by atoms with Gasteiger partial charge in [-0.2, -0.15) is 0 Å². The van der Waals surface area contributed by atoms with E-state index in [4.69, 9.17) is 5.11 Å². The Morgan fingerprint density at radius 2 is 1.71 bits per heavy atom. The maximum absolute atomic E-state index is 12.7. The Bertz CT molecular complexity index is 769. The molecule has 1 amide bonds. The summed E-state index contributed by atoms with van der Waals surface area (Å²) in [6.45, 7) is 2.67. The number of carboxylic acid groups (broad SMARTS) is 1. The molecule has 0 aromatic heterocycles. The molecule has 1 aliphatic heterocycles. The number of benzene rings is 2. The minimum atomic E-state index is -0.937. The van der Waals surface area contributed by atoms with Crippen LogP contribution in [0.25, 0.3) is 0 Å². The van der Waals surface area contributed by atoms with Crippen LogP contribution in [0.2, 0.25) is 0 Å². The van der Waals surface area contributed by atoms with Gasteiger partial charge in [-0.1, -0.05) is 48.5 Å². The monoisotopic (exact) mass is 323 g/mol. The lowest BCUT2D eigenvalue weighted by molar-refractivity contribution is -0.141. The van der Waals surface area contributed by atoms with E-state index in [1.54, 1.807) is 0 Å². The molecule has 0 spiro atoms. The van der Waals surface area contributed by atoms with Crippen molar-refractivity contribution in [1.82, 2.24) is 4.90 Å². The van der Waals surface area contributed by atoms with E-state index in [1.807, 2.05) is 42.2 Å². The van der Waals surface area contributed by atoms with Gasteiger partial charge >= 0.3 is 5.97 Å². The lowest BCUT2D eigenvalue weighted by Crippen LogP contribution is -2.41. The van der Waals surface area contributed by atoms with Crippen molar-refractivity contribution in [3.05, 3.63) is 70.8 Å². The van der Waals surface area contributed by atoms with Gasteiger partial charge < -0.3 is 10.0 Å². The van der Waals surface area contributed by atoms with Crippen LogP contribution < -0.4 is 0 Å². The van der Waals surface area contributed by atoms with E-state index in [0.717, 1.165) is 23.1 Å². The molecular weight excluding hydrogens is 302 g/mol. The van der Waals surface area contributed by atoms with E-state index in [-0.39, 0.29) is 24.8 Å². The van der Waals surface area contributed by atoms with Crippen LogP contribution in [-0.4, -0.2) is 28.4 Å². The molecule has 0 saturated carbocycles. The summed E-state index contributed by atoms with van der Waals surface area (Å²) in [5.41, 5.74) is 4.64. The van der Waals surface area contributed by atoms with E-state index < -0.39 is 5.97 Å². The Balaban J connectivity index is 2.01. The van der Waals surface area contributed by atoms with Gasteiger partial charge in [0.05, 0.1) is 12.5 Å². The Morgan fingerprint density at radius 3 is 2.42 bits per heavy atom. The lowest BCUT2D eigenvalue weighted by atomic mass is 9.86. The van der Waals surface area contributed by atoms with E-state index in [0.29, 0.717) is 6.54 Å². The third-order valence-corrected chi connectivity index (χ3v) is 4.64. The molecular formula is C20H21NO3. The quantitative estimate of drug-likeness (QED) is 0.939. The molecule has 0 radical (unpaired) electrons. The van der Waals surface area contributed by atoms with Gasteiger partial charge in [0.25, 0.3) is 0 Å². The standard InChI is InChI=1S/C20H21NO3/c1-14-6-2-4-8-16(14)20-17-9-5-3-7-15(17)12-13-21(20)18(22)10-11-19(23)24/h2-9,20H,10-13H2,1H3,(H,23,24). The molecule has 124 valence electrons. The summed E-state index contributed by atoms with van der Waals surface area (Å²) in [4.78, 5) is 25.3. The molecule has 1 N–H and O–H groups in total. The maximum atomic E-state index is 12.7. The number of aryl methyl sites for hydroxylation is 1. The van der Waals surface area contributed by atoms with Crippen molar-refractivity contribution in [2.24, 2.45) is 0 Å². The Kier molecular flexibility index (Phi) is 4.65. The van der Waals surface area contributed by atoms with Crippen LogP contribution in [0.5, 0.6) is 0 Å². The van der Waals surface area contributed by atoms with E-state index in [2.05, 4.69) is 18.2 Å². The Morgan fingerprint density at radius 1 is 1.04 bits per heavy atom. The van der Waals surface area contributed by atoms with Crippen LogP contribution in [-0.2, 0) is 16.0 Å². The van der Waals surface area contributed by atoms with Crippen LogP contribution in [0.4, 0.5) is 0 Å². The average molecular weight is 323 g/mol. The SMILES string of the molecule is Cc1ccccc1C1c2ccccc2CCN1C(=O)CCC(=O)O. The fourth-order valence-corrected chi connectivity index (χ4v) is 3.42. The number of hydrogen-bond acceptors (Lipinski definition) is 2. The molecule has 3 rings (SSSR count). The van der Waals surface area contributed by atoms with Crippen molar-refractivity contribution >= 4 is 11.9 Å². The highest BCUT2D eigenvalue weighted by Crippen LogP contribution is 2.36. The predicted octanol–water partition coefficient (Wildman–Crippen LogP) is 3.33. The smallest absolute Gasteiger partial charge is 0.303 e. The maximum Gasteiger partial charge on any atom is 0.303 e. The van der Waals surface area contributed by atoms with Crippen molar-refractivity contribution < 1.29 is 14.7 Å². The first-order valence-corrected chi connectivity index (χ1v) is 8.22. The molecule has 1 heterocycles. The number of hydrogen-bond donors (Lipinski definition) is 1. The predicted molar refractivity (Wildman–Crippen MR) is 91.8 cm³/mol. The number of fused-ring (bicyclic) bond motifs is 1. The molecule has 0 aliphatic carbocycles. The summed E-state index contributed by atoms with van der Waals surface area (Å²) in [5.74, 6) is -1.03. The number of carboxylic acids is 1. The summed E-state index contributed by atoms with van der Waals surface area (Å²) in [6, 6.07) is 16.1. The highest BCUT2D eigenvalue weighted by Gasteiger charge is 2.32. The molecule has 0 bridgehead atoms. The summed E-state index contributed by atoms with van der Waals surface area (Å²) in [5, 5.41) is 8.87. The van der Waals surface area contributed by atoms with Crippen LogP contribution in [0.3, 0.4) is 0 Å². The van der Waals surface area contributed by atoms with Gasteiger partial charge in [0.15, 0.2) is 0 Å². The van der Waals surface area contributed by atoms with Gasteiger partial charge in [-0.3, -0.25) is 9.59 Å². The van der Waals surface area contributed by atoms with E-state index in [9.17, 15) is 9.59 Å². The second kappa shape index (κ2) is 6.87. The first kappa shape index (κ1) is 16.2. The largest absolute Gasteiger partial charge is 0.481 e. The molecule has 24 heavy (non-hydrogen) atoms.